The number of ether oxygens (including phenoxy) is 2. The van der Waals surface area contributed by atoms with Gasteiger partial charge in [-0.3, -0.25) is 4.18 Å². The standard InChI is InChI=1S/C17H20O7S2/c1-21-26(19,20)24-25(2,3)16-11-9-15(10-12-16)23-17(18)22-13-14-7-5-4-6-8-14/h4-12H,13H2,1-3H3. The molecule has 0 radical (unpaired) electrons. The van der Waals surface area contributed by atoms with Gasteiger partial charge in [-0.1, -0.05) is 40.6 Å². The van der Waals surface area contributed by atoms with Gasteiger partial charge in [0.15, 0.2) is 0 Å². The van der Waals surface area contributed by atoms with Crippen molar-refractivity contribution in [3.8, 4) is 5.75 Å². The van der Waals surface area contributed by atoms with Crippen LogP contribution in [0, 0.1) is 0 Å². The third-order valence-corrected chi connectivity index (χ3v) is 7.09. The zero-order chi connectivity index (χ0) is 19.2. The van der Waals surface area contributed by atoms with Crippen molar-refractivity contribution in [1.82, 2.24) is 0 Å². The monoisotopic (exact) mass is 400 g/mol. The summed E-state index contributed by atoms with van der Waals surface area (Å²) in [6.07, 6.45) is 2.49. The molecule has 2 rings (SSSR count). The predicted octanol–water partition coefficient (Wildman–Crippen LogP) is 3.65. The second-order valence-electron chi connectivity index (χ2n) is 5.47. The van der Waals surface area contributed by atoms with Gasteiger partial charge in [-0.15, -0.1) is 0 Å². The molecule has 0 N–H and O–H groups in total. The fraction of sp³-hybridized carbons (Fsp3) is 0.235. The van der Waals surface area contributed by atoms with Crippen LogP contribution in [-0.2, 0) is 29.6 Å². The van der Waals surface area contributed by atoms with E-state index in [0.29, 0.717) is 4.90 Å². The first kappa shape index (κ1) is 20.2. The molecule has 26 heavy (non-hydrogen) atoms. The summed E-state index contributed by atoms with van der Waals surface area (Å²) in [6.45, 7) is 0.109. The minimum atomic E-state index is -4.06. The highest BCUT2D eigenvalue weighted by Gasteiger charge is 2.24. The second kappa shape index (κ2) is 8.54. The summed E-state index contributed by atoms with van der Waals surface area (Å²) in [4.78, 5) is 12.4. The molecule has 0 saturated carbocycles. The van der Waals surface area contributed by atoms with Crippen molar-refractivity contribution in [2.45, 2.75) is 11.5 Å². The molecule has 0 spiro atoms. The molecule has 0 fully saturated rings. The number of rotatable bonds is 7. The second-order valence-corrected chi connectivity index (χ2v) is 10.1. The van der Waals surface area contributed by atoms with Crippen molar-refractivity contribution in [3.63, 3.8) is 0 Å². The summed E-state index contributed by atoms with van der Waals surface area (Å²) >= 11 is 0. The summed E-state index contributed by atoms with van der Waals surface area (Å²) in [5.41, 5.74) is 0.849. The Bertz CT molecular complexity index is 831. The largest absolute Gasteiger partial charge is 0.514 e. The fourth-order valence-electron chi connectivity index (χ4n) is 1.95. The Morgan fingerprint density at radius 1 is 0.962 bits per heavy atom. The first-order valence-electron chi connectivity index (χ1n) is 7.45. The lowest BCUT2D eigenvalue weighted by Gasteiger charge is -2.29. The van der Waals surface area contributed by atoms with Crippen LogP contribution in [0.15, 0.2) is 59.5 Å². The van der Waals surface area contributed by atoms with Crippen molar-refractivity contribution < 1.29 is 30.5 Å². The number of carbonyl (C=O) groups excluding carboxylic acids is 1. The number of hydrogen-bond donors (Lipinski definition) is 0. The number of benzene rings is 2. The summed E-state index contributed by atoms with van der Waals surface area (Å²) in [5.74, 6) is 0.275. The predicted molar refractivity (Wildman–Crippen MR) is 98.4 cm³/mol. The van der Waals surface area contributed by atoms with E-state index in [0.717, 1.165) is 12.7 Å². The van der Waals surface area contributed by atoms with Crippen molar-refractivity contribution in [2.24, 2.45) is 0 Å². The smallest absolute Gasteiger partial charge is 0.429 e. The highest BCUT2D eigenvalue weighted by Crippen LogP contribution is 2.51. The van der Waals surface area contributed by atoms with Crippen LogP contribution in [0.3, 0.4) is 0 Å². The van der Waals surface area contributed by atoms with Gasteiger partial charge in [-0.05, 0) is 42.3 Å². The van der Waals surface area contributed by atoms with Gasteiger partial charge in [0, 0.05) is 4.90 Å². The van der Waals surface area contributed by atoms with Crippen molar-refractivity contribution in [1.29, 1.82) is 0 Å². The Labute approximate surface area is 154 Å². The highest BCUT2D eigenvalue weighted by molar-refractivity contribution is 8.31. The molecular formula is C17H20O7S2. The molecule has 0 aliphatic rings. The van der Waals surface area contributed by atoms with Crippen LogP contribution in [0.2, 0.25) is 0 Å². The van der Waals surface area contributed by atoms with Crippen LogP contribution in [-0.4, -0.2) is 34.2 Å². The Hall–Kier alpha value is -2.07. The Morgan fingerprint density at radius 2 is 1.58 bits per heavy atom. The van der Waals surface area contributed by atoms with Crippen LogP contribution < -0.4 is 4.74 Å². The molecular weight excluding hydrogens is 380 g/mol. The van der Waals surface area contributed by atoms with Gasteiger partial charge in [-0.2, -0.15) is 12.0 Å². The van der Waals surface area contributed by atoms with E-state index in [-0.39, 0.29) is 12.4 Å². The van der Waals surface area contributed by atoms with Crippen LogP contribution in [0.25, 0.3) is 0 Å². The molecule has 2 aromatic carbocycles. The maximum absolute atomic E-state index is 11.7. The van der Waals surface area contributed by atoms with Gasteiger partial charge < -0.3 is 9.47 Å². The maximum Gasteiger partial charge on any atom is 0.514 e. The van der Waals surface area contributed by atoms with E-state index in [9.17, 15) is 13.2 Å². The molecule has 7 nitrogen and oxygen atoms in total. The minimum absolute atomic E-state index is 0.109. The molecule has 0 heterocycles. The third kappa shape index (κ3) is 6.03. The fourth-order valence-corrected chi connectivity index (χ4v) is 4.95. The lowest BCUT2D eigenvalue weighted by Crippen LogP contribution is -2.12. The zero-order valence-corrected chi connectivity index (χ0v) is 16.2. The van der Waals surface area contributed by atoms with E-state index in [1.165, 1.54) is 12.1 Å². The van der Waals surface area contributed by atoms with E-state index < -0.39 is 26.9 Å². The summed E-state index contributed by atoms with van der Waals surface area (Å²) < 4.78 is 42.5. The van der Waals surface area contributed by atoms with Crippen molar-refractivity contribution in [2.75, 3.05) is 19.6 Å². The quantitative estimate of drug-likeness (QED) is 0.518. The van der Waals surface area contributed by atoms with Crippen LogP contribution in [0.4, 0.5) is 4.79 Å². The van der Waals surface area contributed by atoms with Crippen LogP contribution in [0.1, 0.15) is 5.56 Å². The summed E-state index contributed by atoms with van der Waals surface area (Å²) in [5, 5.41) is 0. The van der Waals surface area contributed by atoms with E-state index in [1.807, 2.05) is 30.3 Å². The molecule has 2 aromatic rings. The number of hydrogen-bond acceptors (Lipinski definition) is 7. The SMILES string of the molecule is COS(=O)(=O)OS(C)(C)c1ccc(OC(=O)OCc2ccccc2)cc1. The molecule has 0 amide bonds. The van der Waals surface area contributed by atoms with Crippen molar-refractivity contribution in [3.05, 3.63) is 60.2 Å². The van der Waals surface area contributed by atoms with Crippen molar-refractivity contribution >= 4 is 26.9 Å². The topological polar surface area (TPSA) is 88.1 Å². The highest BCUT2D eigenvalue weighted by atomic mass is 32.3. The Kier molecular flexibility index (Phi) is 6.65. The Balaban J connectivity index is 1.95. The normalized spacial score (nSPS) is 12.4. The first-order valence-corrected chi connectivity index (χ1v) is 11.2. The minimum Gasteiger partial charge on any atom is -0.429 e. The lowest BCUT2D eigenvalue weighted by molar-refractivity contribution is 0.0927. The molecule has 142 valence electrons. The van der Waals surface area contributed by atoms with Gasteiger partial charge in [0.25, 0.3) is 0 Å². The average Bonchev–Trinajstić information content (AvgIpc) is 2.60. The van der Waals surface area contributed by atoms with Gasteiger partial charge in [0.05, 0.1) is 7.11 Å². The molecule has 9 heteroatoms. The lowest BCUT2D eigenvalue weighted by atomic mass is 10.2. The van der Waals surface area contributed by atoms with Crippen LogP contribution in [0.5, 0.6) is 5.75 Å². The van der Waals surface area contributed by atoms with Gasteiger partial charge in [0.2, 0.25) is 0 Å². The summed E-state index contributed by atoms with van der Waals surface area (Å²) in [7, 11) is -5.13. The molecule has 0 bridgehead atoms. The van der Waals surface area contributed by atoms with Gasteiger partial charge >= 0.3 is 16.6 Å². The van der Waals surface area contributed by atoms with Gasteiger partial charge in [-0.25, -0.2) is 4.79 Å². The van der Waals surface area contributed by atoms with Gasteiger partial charge in [0.1, 0.15) is 12.4 Å². The molecule has 0 atom stereocenters. The Morgan fingerprint density at radius 3 is 2.15 bits per heavy atom. The molecule has 0 aromatic heterocycles. The van der Waals surface area contributed by atoms with E-state index >= 15 is 0 Å². The number of carbonyl (C=O) groups is 1. The van der Waals surface area contributed by atoms with E-state index in [4.69, 9.17) is 13.1 Å². The maximum atomic E-state index is 11.7. The molecule has 0 aliphatic carbocycles. The first-order chi connectivity index (χ1) is 12.2. The molecule has 0 saturated heterocycles. The molecule has 0 unspecified atom stereocenters. The van der Waals surface area contributed by atoms with Crippen LogP contribution >= 0.6 is 10.3 Å². The average molecular weight is 400 g/mol. The van der Waals surface area contributed by atoms with E-state index in [1.54, 1.807) is 24.6 Å². The third-order valence-electron chi connectivity index (χ3n) is 3.25. The zero-order valence-electron chi connectivity index (χ0n) is 14.6. The molecule has 0 aliphatic heterocycles. The van der Waals surface area contributed by atoms with E-state index in [2.05, 4.69) is 4.18 Å². The summed E-state index contributed by atoms with van der Waals surface area (Å²) in [6, 6.07) is 15.6.